The molecule has 1 rings (SSSR count). The lowest BCUT2D eigenvalue weighted by molar-refractivity contribution is -0.116. The van der Waals surface area contributed by atoms with E-state index in [1.54, 1.807) is 7.05 Å². The second-order valence-corrected chi connectivity index (χ2v) is 3.76. The molecule has 1 amide bonds. The number of nitrogens with one attached hydrogen (secondary N) is 2. The van der Waals surface area contributed by atoms with E-state index in [-0.39, 0.29) is 11.6 Å². The van der Waals surface area contributed by atoms with Crippen LogP contribution >= 0.6 is 0 Å². The molecule has 0 aliphatic heterocycles. The molecule has 98 valence electrons. The van der Waals surface area contributed by atoms with Gasteiger partial charge in [0.25, 0.3) is 0 Å². The van der Waals surface area contributed by atoms with E-state index in [9.17, 15) is 14.0 Å². The summed E-state index contributed by atoms with van der Waals surface area (Å²) in [5.74, 6) is -2.43. The van der Waals surface area contributed by atoms with Crippen molar-refractivity contribution in [1.29, 1.82) is 0 Å². The van der Waals surface area contributed by atoms with Crippen LogP contribution in [0.15, 0.2) is 18.2 Å². The molecule has 0 heterocycles. The first-order valence-electron chi connectivity index (χ1n) is 5.52. The molecule has 0 aromatic heterocycles. The first-order valence-corrected chi connectivity index (χ1v) is 5.52. The van der Waals surface area contributed by atoms with Gasteiger partial charge in [0.05, 0.1) is 5.56 Å². The largest absolute Gasteiger partial charge is 0.478 e. The molecule has 18 heavy (non-hydrogen) atoms. The second kappa shape index (κ2) is 6.70. The Morgan fingerprint density at radius 1 is 1.39 bits per heavy atom. The van der Waals surface area contributed by atoms with Crippen molar-refractivity contribution in [3.05, 3.63) is 29.6 Å². The van der Waals surface area contributed by atoms with Gasteiger partial charge in [-0.2, -0.15) is 0 Å². The topological polar surface area (TPSA) is 78.4 Å². The fourth-order valence-electron chi connectivity index (χ4n) is 1.42. The summed E-state index contributed by atoms with van der Waals surface area (Å²) in [6.07, 6.45) is 1.00. The van der Waals surface area contributed by atoms with Crippen LogP contribution in [0.25, 0.3) is 0 Å². The minimum Gasteiger partial charge on any atom is -0.478 e. The summed E-state index contributed by atoms with van der Waals surface area (Å²) in [4.78, 5) is 22.0. The quantitative estimate of drug-likeness (QED) is 0.672. The number of benzene rings is 1. The minimum absolute atomic E-state index is 0.229. The molecule has 0 fully saturated rings. The van der Waals surface area contributed by atoms with Gasteiger partial charge in [-0.1, -0.05) is 0 Å². The number of rotatable bonds is 6. The Kier molecular flexibility index (Phi) is 5.26. The van der Waals surface area contributed by atoms with Crippen molar-refractivity contribution >= 4 is 17.6 Å². The summed E-state index contributed by atoms with van der Waals surface area (Å²) in [5, 5.41) is 14.1. The van der Waals surface area contributed by atoms with Crippen LogP contribution in [0.1, 0.15) is 23.2 Å². The minimum atomic E-state index is -1.33. The average molecular weight is 254 g/mol. The predicted molar refractivity (Wildman–Crippen MR) is 65.1 cm³/mol. The van der Waals surface area contributed by atoms with Gasteiger partial charge < -0.3 is 15.7 Å². The van der Waals surface area contributed by atoms with Crippen molar-refractivity contribution in [3.8, 4) is 0 Å². The Labute approximate surface area is 104 Å². The first kappa shape index (κ1) is 14.1. The van der Waals surface area contributed by atoms with E-state index in [0.29, 0.717) is 12.8 Å². The van der Waals surface area contributed by atoms with Crippen LogP contribution < -0.4 is 10.6 Å². The van der Waals surface area contributed by atoms with Gasteiger partial charge in [-0.3, -0.25) is 4.79 Å². The zero-order valence-corrected chi connectivity index (χ0v) is 10.00. The fourth-order valence-corrected chi connectivity index (χ4v) is 1.42. The molecule has 0 spiro atoms. The molecule has 0 saturated heterocycles. The molecule has 1 aromatic rings. The third-order valence-corrected chi connectivity index (χ3v) is 2.31. The van der Waals surface area contributed by atoms with Crippen LogP contribution in [-0.2, 0) is 4.79 Å². The number of amides is 1. The molecular formula is C12H15FN2O3. The maximum Gasteiger partial charge on any atom is 0.338 e. The van der Waals surface area contributed by atoms with Crippen molar-refractivity contribution in [2.75, 3.05) is 18.9 Å². The molecule has 6 heteroatoms. The Morgan fingerprint density at radius 3 is 2.67 bits per heavy atom. The van der Waals surface area contributed by atoms with Gasteiger partial charge in [0.2, 0.25) is 5.91 Å². The molecule has 1 aromatic carbocycles. The lowest BCUT2D eigenvalue weighted by Crippen LogP contribution is -2.15. The van der Waals surface area contributed by atoms with Gasteiger partial charge in [-0.15, -0.1) is 0 Å². The molecule has 0 bridgehead atoms. The number of anilines is 1. The van der Waals surface area contributed by atoms with E-state index in [1.807, 2.05) is 0 Å². The van der Waals surface area contributed by atoms with E-state index in [1.165, 1.54) is 6.07 Å². The van der Waals surface area contributed by atoms with E-state index < -0.39 is 17.3 Å². The number of hydrogen-bond donors (Lipinski definition) is 3. The first-order chi connectivity index (χ1) is 8.54. The van der Waals surface area contributed by atoms with Gasteiger partial charge in [0.15, 0.2) is 0 Å². The number of carboxylic acids is 1. The van der Waals surface area contributed by atoms with Crippen molar-refractivity contribution in [3.63, 3.8) is 0 Å². The summed E-state index contributed by atoms with van der Waals surface area (Å²) in [6, 6.07) is 3.49. The van der Waals surface area contributed by atoms with Gasteiger partial charge in [-0.05, 0) is 38.2 Å². The SMILES string of the molecule is CNCCCC(=O)Nc1ccc(C(=O)O)c(F)c1. The summed E-state index contributed by atoms with van der Waals surface area (Å²) in [5.41, 5.74) is -0.157. The number of halogens is 1. The fraction of sp³-hybridized carbons (Fsp3) is 0.333. The molecule has 3 N–H and O–H groups in total. The molecule has 0 aliphatic carbocycles. The molecule has 0 unspecified atom stereocenters. The Morgan fingerprint density at radius 2 is 2.11 bits per heavy atom. The number of carboxylic acid groups (broad SMARTS) is 1. The highest BCUT2D eigenvalue weighted by molar-refractivity contribution is 5.92. The number of hydrogen-bond acceptors (Lipinski definition) is 3. The third kappa shape index (κ3) is 4.14. The Bertz CT molecular complexity index is 449. The van der Waals surface area contributed by atoms with Crippen LogP contribution in [0.5, 0.6) is 0 Å². The van der Waals surface area contributed by atoms with Gasteiger partial charge >= 0.3 is 5.97 Å². The van der Waals surface area contributed by atoms with E-state index in [0.717, 1.165) is 18.7 Å². The molecular weight excluding hydrogens is 239 g/mol. The lowest BCUT2D eigenvalue weighted by atomic mass is 10.2. The van der Waals surface area contributed by atoms with Crippen LogP contribution in [0.4, 0.5) is 10.1 Å². The highest BCUT2D eigenvalue weighted by atomic mass is 19.1. The zero-order valence-electron chi connectivity index (χ0n) is 10.00. The van der Waals surface area contributed by atoms with E-state index in [2.05, 4.69) is 10.6 Å². The van der Waals surface area contributed by atoms with E-state index in [4.69, 9.17) is 5.11 Å². The second-order valence-electron chi connectivity index (χ2n) is 3.76. The summed E-state index contributed by atoms with van der Waals surface area (Å²) in [7, 11) is 1.79. The Balaban J connectivity index is 2.60. The van der Waals surface area contributed by atoms with Crippen LogP contribution in [0, 0.1) is 5.82 Å². The summed E-state index contributed by atoms with van der Waals surface area (Å²) < 4.78 is 13.3. The van der Waals surface area contributed by atoms with Crippen molar-refractivity contribution in [2.24, 2.45) is 0 Å². The zero-order chi connectivity index (χ0) is 13.5. The maximum absolute atomic E-state index is 13.3. The monoisotopic (exact) mass is 254 g/mol. The highest BCUT2D eigenvalue weighted by Crippen LogP contribution is 2.14. The number of aromatic carboxylic acids is 1. The summed E-state index contributed by atoms with van der Waals surface area (Å²) in [6.45, 7) is 0.722. The predicted octanol–water partition coefficient (Wildman–Crippen LogP) is 1.46. The van der Waals surface area contributed by atoms with E-state index >= 15 is 0 Å². The van der Waals surface area contributed by atoms with Crippen molar-refractivity contribution in [1.82, 2.24) is 5.32 Å². The average Bonchev–Trinajstić information content (AvgIpc) is 2.28. The van der Waals surface area contributed by atoms with Crippen molar-refractivity contribution in [2.45, 2.75) is 12.8 Å². The molecule has 0 radical (unpaired) electrons. The van der Waals surface area contributed by atoms with Gasteiger partial charge in [0.1, 0.15) is 5.82 Å². The third-order valence-electron chi connectivity index (χ3n) is 2.31. The van der Waals surface area contributed by atoms with Gasteiger partial charge in [-0.25, -0.2) is 9.18 Å². The number of carbonyl (C=O) groups is 2. The van der Waals surface area contributed by atoms with Crippen LogP contribution in [0.3, 0.4) is 0 Å². The van der Waals surface area contributed by atoms with Gasteiger partial charge in [0, 0.05) is 12.1 Å². The molecule has 0 saturated carbocycles. The van der Waals surface area contributed by atoms with Crippen LogP contribution in [0.2, 0.25) is 0 Å². The smallest absolute Gasteiger partial charge is 0.338 e. The normalized spacial score (nSPS) is 10.1. The molecule has 5 nitrogen and oxygen atoms in total. The highest BCUT2D eigenvalue weighted by Gasteiger charge is 2.11. The molecule has 0 atom stereocenters. The lowest BCUT2D eigenvalue weighted by Gasteiger charge is -2.06. The maximum atomic E-state index is 13.3. The standard InChI is InChI=1S/C12H15FN2O3/c1-14-6-2-3-11(16)15-8-4-5-9(12(17)18)10(13)7-8/h4-5,7,14H,2-3,6H2,1H3,(H,15,16)(H,17,18). The van der Waals surface area contributed by atoms with Crippen LogP contribution in [-0.4, -0.2) is 30.6 Å². The summed E-state index contributed by atoms with van der Waals surface area (Å²) >= 11 is 0. The Hall–Kier alpha value is -1.95. The van der Waals surface area contributed by atoms with Crippen molar-refractivity contribution < 1.29 is 19.1 Å². The molecule has 0 aliphatic rings. The number of carbonyl (C=O) groups excluding carboxylic acids is 1.